The van der Waals surface area contributed by atoms with E-state index < -0.39 is 0 Å². The topological polar surface area (TPSA) is 30.7 Å². The minimum Gasteiger partial charge on any atom is -0.242 e. The first-order chi connectivity index (χ1) is 6.90. The number of nitrogens with zero attached hydrogens (tertiary/aromatic N) is 3. The summed E-state index contributed by atoms with van der Waals surface area (Å²) in [5.74, 6) is 0.847. The van der Waals surface area contributed by atoms with Crippen molar-refractivity contribution >= 4 is 11.8 Å². The lowest BCUT2D eigenvalue weighted by atomic mass is 10.2. The first-order valence-corrected chi connectivity index (χ1v) is 5.74. The molecule has 0 spiro atoms. The van der Waals surface area contributed by atoms with Gasteiger partial charge >= 0.3 is 0 Å². The Bertz CT molecular complexity index is 397. The van der Waals surface area contributed by atoms with Crippen molar-refractivity contribution in [2.24, 2.45) is 0 Å². The zero-order valence-corrected chi connectivity index (χ0v) is 8.74. The van der Waals surface area contributed by atoms with Crippen LogP contribution in [0, 0.1) is 0 Å². The highest BCUT2D eigenvalue weighted by molar-refractivity contribution is 7.97. The van der Waals surface area contributed by atoms with Gasteiger partial charge in [0.15, 0.2) is 0 Å². The molecule has 0 aliphatic rings. The van der Waals surface area contributed by atoms with Crippen LogP contribution < -0.4 is 0 Å². The third-order valence-corrected chi connectivity index (χ3v) is 2.39. The van der Waals surface area contributed by atoms with Crippen LogP contribution in [0.2, 0.25) is 0 Å². The van der Waals surface area contributed by atoms with E-state index in [1.54, 1.807) is 11.8 Å². The first kappa shape index (κ1) is 9.27. The second-order valence-corrected chi connectivity index (χ2v) is 3.76. The van der Waals surface area contributed by atoms with Crippen LogP contribution in [-0.2, 0) is 5.88 Å². The van der Waals surface area contributed by atoms with Crippen LogP contribution >= 0.6 is 11.8 Å². The van der Waals surface area contributed by atoms with E-state index in [4.69, 9.17) is 0 Å². The quantitative estimate of drug-likeness (QED) is 0.770. The SMILES string of the molecule is CSCn1cc(-c2ccccc2)nn1. The Hall–Kier alpha value is -1.29. The molecule has 0 bridgehead atoms. The van der Waals surface area contributed by atoms with Gasteiger partial charge in [-0.25, -0.2) is 4.68 Å². The van der Waals surface area contributed by atoms with Crippen LogP contribution in [-0.4, -0.2) is 21.2 Å². The summed E-state index contributed by atoms with van der Waals surface area (Å²) >= 11 is 1.72. The number of benzene rings is 1. The molecule has 0 N–H and O–H groups in total. The summed E-state index contributed by atoms with van der Waals surface area (Å²) in [7, 11) is 0. The fourth-order valence-corrected chi connectivity index (χ4v) is 1.63. The molecule has 14 heavy (non-hydrogen) atoms. The standard InChI is InChI=1S/C10H11N3S/c1-14-8-13-7-10(11-12-13)9-5-3-2-4-6-9/h2-7H,8H2,1H3. The van der Waals surface area contributed by atoms with Crippen LogP contribution in [0.5, 0.6) is 0 Å². The van der Waals surface area contributed by atoms with Crippen molar-refractivity contribution in [2.75, 3.05) is 6.26 Å². The average molecular weight is 205 g/mol. The average Bonchev–Trinajstić information content (AvgIpc) is 2.68. The fraction of sp³-hybridized carbons (Fsp3) is 0.200. The number of hydrogen-bond donors (Lipinski definition) is 0. The van der Waals surface area contributed by atoms with Crippen molar-refractivity contribution in [3.63, 3.8) is 0 Å². The predicted molar refractivity (Wildman–Crippen MR) is 59.0 cm³/mol. The van der Waals surface area contributed by atoms with Crippen molar-refractivity contribution in [1.29, 1.82) is 0 Å². The van der Waals surface area contributed by atoms with E-state index >= 15 is 0 Å². The summed E-state index contributed by atoms with van der Waals surface area (Å²) in [4.78, 5) is 0. The maximum atomic E-state index is 4.10. The molecule has 0 saturated carbocycles. The van der Waals surface area contributed by atoms with Gasteiger partial charge in [-0.2, -0.15) is 0 Å². The van der Waals surface area contributed by atoms with E-state index in [0.29, 0.717) is 0 Å². The maximum Gasteiger partial charge on any atom is 0.113 e. The molecule has 0 aliphatic carbocycles. The minimum atomic E-state index is 0.847. The molecule has 0 amide bonds. The van der Waals surface area contributed by atoms with E-state index in [1.807, 2.05) is 47.5 Å². The van der Waals surface area contributed by atoms with Gasteiger partial charge in [0.05, 0.1) is 12.1 Å². The third kappa shape index (κ3) is 1.96. The molecule has 1 aromatic carbocycles. The molecule has 2 aromatic rings. The Balaban J connectivity index is 2.25. The summed E-state index contributed by atoms with van der Waals surface area (Å²) in [6.07, 6.45) is 4.01. The van der Waals surface area contributed by atoms with E-state index in [1.165, 1.54) is 0 Å². The Morgan fingerprint density at radius 3 is 2.79 bits per heavy atom. The molecule has 0 radical (unpaired) electrons. The van der Waals surface area contributed by atoms with Gasteiger partial charge in [0.25, 0.3) is 0 Å². The summed E-state index contributed by atoms with van der Waals surface area (Å²) < 4.78 is 1.84. The summed E-state index contributed by atoms with van der Waals surface area (Å²) in [5.41, 5.74) is 2.04. The Kier molecular flexibility index (Phi) is 2.84. The molecule has 1 heterocycles. The van der Waals surface area contributed by atoms with E-state index in [9.17, 15) is 0 Å². The Labute approximate surface area is 87.1 Å². The summed E-state index contributed by atoms with van der Waals surface area (Å²) in [5, 5.41) is 8.13. The van der Waals surface area contributed by atoms with Gasteiger partial charge in [-0.1, -0.05) is 35.5 Å². The van der Waals surface area contributed by atoms with Crippen LogP contribution in [0.3, 0.4) is 0 Å². The monoisotopic (exact) mass is 205 g/mol. The highest BCUT2D eigenvalue weighted by Gasteiger charge is 2.01. The van der Waals surface area contributed by atoms with Crippen molar-refractivity contribution in [1.82, 2.24) is 15.0 Å². The van der Waals surface area contributed by atoms with Gasteiger partial charge in [-0.15, -0.1) is 16.9 Å². The van der Waals surface area contributed by atoms with Gasteiger partial charge in [-0.3, -0.25) is 0 Å². The van der Waals surface area contributed by atoms with Crippen molar-refractivity contribution < 1.29 is 0 Å². The van der Waals surface area contributed by atoms with Gasteiger partial charge in [0.1, 0.15) is 5.69 Å². The lowest BCUT2D eigenvalue weighted by Gasteiger charge is -1.93. The lowest BCUT2D eigenvalue weighted by Crippen LogP contribution is -1.93. The molecule has 0 atom stereocenters. The zero-order valence-electron chi connectivity index (χ0n) is 7.92. The molecule has 1 aromatic heterocycles. The molecule has 0 saturated heterocycles. The van der Waals surface area contributed by atoms with E-state index in [-0.39, 0.29) is 0 Å². The van der Waals surface area contributed by atoms with E-state index in [2.05, 4.69) is 10.3 Å². The third-order valence-electron chi connectivity index (χ3n) is 1.87. The lowest BCUT2D eigenvalue weighted by molar-refractivity contribution is 0.702. The molecule has 0 aliphatic heterocycles. The fourth-order valence-electron chi connectivity index (χ4n) is 1.23. The number of rotatable bonds is 3. The van der Waals surface area contributed by atoms with Crippen LogP contribution in [0.25, 0.3) is 11.3 Å². The predicted octanol–water partition coefficient (Wildman–Crippen LogP) is 2.27. The molecule has 0 unspecified atom stereocenters. The Morgan fingerprint density at radius 1 is 1.29 bits per heavy atom. The molecule has 0 fully saturated rings. The largest absolute Gasteiger partial charge is 0.242 e. The molecule has 3 nitrogen and oxygen atoms in total. The van der Waals surface area contributed by atoms with Crippen molar-refractivity contribution in [3.05, 3.63) is 36.5 Å². The van der Waals surface area contributed by atoms with Crippen molar-refractivity contribution in [3.8, 4) is 11.3 Å². The smallest absolute Gasteiger partial charge is 0.113 e. The minimum absolute atomic E-state index is 0.847. The number of hydrogen-bond acceptors (Lipinski definition) is 3. The van der Waals surface area contributed by atoms with Gasteiger partial charge in [0.2, 0.25) is 0 Å². The maximum absolute atomic E-state index is 4.10. The number of thioether (sulfide) groups is 1. The van der Waals surface area contributed by atoms with Gasteiger partial charge < -0.3 is 0 Å². The highest BCUT2D eigenvalue weighted by Crippen LogP contribution is 2.15. The van der Waals surface area contributed by atoms with Gasteiger partial charge in [-0.05, 0) is 6.26 Å². The molecule has 2 rings (SSSR count). The summed E-state index contributed by atoms with van der Waals surface area (Å²) in [6.45, 7) is 0. The highest BCUT2D eigenvalue weighted by atomic mass is 32.2. The molecule has 72 valence electrons. The van der Waals surface area contributed by atoms with E-state index in [0.717, 1.165) is 17.1 Å². The molecule has 4 heteroatoms. The Morgan fingerprint density at radius 2 is 2.07 bits per heavy atom. The van der Waals surface area contributed by atoms with Crippen LogP contribution in [0.1, 0.15) is 0 Å². The van der Waals surface area contributed by atoms with Gasteiger partial charge in [0, 0.05) is 5.56 Å². The normalized spacial score (nSPS) is 10.4. The molecular formula is C10H11N3S. The second kappa shape index (κ2) is 4.28. The summed E-state index contributed by atoms with van der Waals surface area (Å²) in [6, 6.07) is 10.1. The van der Waals surface area contributed by atoms with Crippen LogP contribution in [0.15, 0.2) is 36.5 Å². The first-order valence-electron chi connectivity index (χ1n) is 4.34. The second-order valence-electron chi connectivity index (χ2n) is 2.93. The molecular weight excluding hydrogens is 194 g/mol. The van der Waals surface area contributed by atoms with Crippen molar-refractivity contribution in [2.45, 2.75) is 5.88 Å². The zero-order chi connectivity index (χ0) is 9.80. The van der Waals surface area contributed by atoms with Crippen LogP contribution in [0.4, 0.5) is 0 Å². The number of aromatic nitrogens is 3.